The number of hydrogen-bond donors (Lipinski definition) is 1. The average Bonchev–Trinajstić information content (AvgIpc) is 2.38. The van der Waals surface area contributed by atoms with Gasteiger partial charge in [-0.3, -0.25) is 0 Å². The van der Waals surface area contributed by atoms with E-state index in [9.17, 15) is 0 Å². The number of likely N-dealkylation sites (N-methyl/N-ethyl adjacent to an activating group) is 1. The highest BCUT2D eigenvalue weighted by atomic mass is 16.6. The second-order valence-electron chi connectivity index (χ2n) is 5.11. The number of rotatable bonds is 4. The van der Waals surface area contributed by atoms with Crippen molar-refractivity contribution >= 4 is 0 Å². The van der Waals surface area contributed by atoms with Crippen molar-refractivity contribution in [3.63, 3.8) is 0 Å². The zero-order valence-electron chi connectivity index (χ0n) is 10.7. The van der Waals surface area contributed by atoms with E-state index in [1.165, 1.54) is 0 Å². The lowest BCUT2D eigenvalue weighted by Gasteiger charge is -2.38. The molecule has 100 valence electrons. The number of nitrogens with two attached hydrogens (primary N) is 1. The summed E-state index contributed by atoms with van der Waals surface area (Å²) < 4.78 is 17.2. The molecular weight excluding hydrogens is 220 g/mol. The Kier molecular flexibility index (Phi) is 4.76. The predicted octanol–water partition coefficient (Wildman–Crippen LogP) is -0.158. The molecule has 0 bridgehead atoms. The van der Waals surface area contributed by atoms with Gasteiger partial charge >= 0.3 is 0 Å². The van der Waals surface area contributed by atoms with Crippen LogP contribution in [0, 0.1) is 0 Å². The van der Waals surface area contributed by atoms with Crippen LogP contribution in [0.15, 0.2) is 0 Å². The second-order valence-corrected chi connectivity index (χ2v) is 5.11. The summed E-state index contributed by atoms with van der Waals surface area (Å²) in [5.74, 6) is 0. The Bertz CT molecular complexity index is 232. The maximum Gasteiger partial charge on any atom is 0.104 e. The minimum Gasteiger partial charge on any atom is -0.378 e. The molecule has 0 aliphatic carbocycles. The van der Waals surface area contributed by atoms with Crippen LogP contribution >= 0.6 is 0 Å². The van der Waals surface area contributed by atoms with E-state index in [-0.39, 0.29) is 11.7 Å². The van der Waals surface area contributed by atoms with Crippen molar-refractivity contribution in [3.8, 4) is 0 Å². The lowest BCUT2D eigenvalue weighted by Crippen LogP contribution is -2.51. The molecule has 0 radical (unpaired) electrons. The number of hydrogen-bond acceptors (Lipinski definition) is 5. The van der Waals surface area contributed by atoms with E-state index in [4.69, 9.17) is 19.9 Å². The summed E-state index contributed by atoms with van der Waals surface area (Å²) in [4.78, 5) is 2.27. The van der Waals surface area contributed by atoms with E-state index in [1.807, 2.05) is 0 Å². The van der Waals surface area contributed by atoms with Crippen LogP contribution < -0.4 is 5.73 Å². The maximum atomic E-state index is 6.01. The summed E-state index contributed by atoms with van der Waals surface area (Å²) in [6.45, 7) is 5.31. The van der Waals surface area contributed by atoms with Gasteiger partial charge in [-0.05, 0) is 19.9 Å². The van der Waals surface area contributed by atoms with Crippen molar-refractivity contribution in [3.05, 3.63) is 0 Å². The third-order valence-corrected chi connectivity index (χ3v) is 3.58. The lowest BCUT2D eigenvalue weighted by atomic mass is 9.96. The van der Waals surface area contributed by atoms with E-state index in [0.717, 1.165) is 39.1 Å². The highest BCUT2D eigenvalue weighted by molar-refractivity contribution is 4.85. The van der Waals surface area contributed by atoms with Gasteiger partial charge in [0.25, 0.3) is 0 Å². The van der Waals surface area contributed by atoms with Gasteiger partial charge in [-0.25, -0.2) is 0 Å². The fourth-order valence-electron chi connectivity index (χ4n) is 2.40. The highest BCUT2D eigenvalue weighted by Crippen LogP contribution is 2.23. The van der Waals surface area contributed by atoms with Crippen molar-refractivity contribution < 1.29 is 14.2 Å². The first-order valence-corrected chi connectivity index (χ1v) is 6.46. The quantitative estimate of drug-likeness (QED) is 0.745. The molecule has 5 heteroatoms. The first-order chi connectivity index (χ1) is 8.24. The third-order valence-electron chi connectivity index (χ3n) is 3.58. The zero-order valence-corrected chi connectivity index (χ0v) is 10.7. The second kappa shape index (κ2) is 6.11. The van der Waals surface area contributed by atoms with Crippen LogP contribution in [0.25, 0.3) is 0 Å². The standard InChI is InChI=1S/C12H24N2O3/c1-14-4-6-16-11(7-14)8-17-12(9-13)3-2-5-15-10-12/h11H,2-10,13H2,1H3. The third kappa shape index (κ3) is 3.63. The summed E-state index contributed by atoms with van der Waals surface area (Å²) in [7, 11) is 2.11. The molecular formula is C12H24N2O3. The molecule has 0 aromatic carbocycles. The first-order valence-electron chi connectivity index (χ1n) is 6.46. The van der Waals surface area contributed by atoms with Gasteiger partial charge < -0.3 is 24.8 Å². The highest BCUT2D eigenvalue weighted by Gasteiger charge is 2.33. The van der Waals surface area contributed by atoms with Crippen LogP contribution in [0.1, 0.15) is 12.8 Å². The summed E-state index contributed by atoms with van der Waals surface area (Å²) >= 11 is 0. The summed E-state index contributed by atoms with van der Waals surface area (Å²) in [6, 6.07) is 0. The molecule has 2 rings (SSSR count). The molecule has 0 saturated carbocycles. The van der Waals surface area contributed by atoms with Crippen LogP contribution in [0.4, 0.5) is 0 Å². The van der Waals surface area contributed by atoms with Crippen molar-refractivity contribution in [1.82, 2.24) is 4.90 Å². The summed E-state index contributed by atoms with van der Waals surface area (Å²) in [5.41, 5.74) is 5.54. The van der Waals surface area contributed by atoms with Gasteiger partial charge in [-0.1, -0.05) is 0 Å². The molecule has 5 nitrogen and oxygen atoms in total. The Balaban J connectivity index is 1.78. The number of ether oxygens (including phenoxy) is 3. The Labute approximate surface area is 103 Å². The van der Waals surface area contributed by atoms with Crippen LogP contribution in [-0.4, -0.2) is 69.7 Å². The number of nitrogens with zero attached hydrogens (tertiary/aromatic N) is 1. The average molecular weight is 244 g/mol. The van der Waals surface area contributed by atoms with E-state index < -0.39 is 0 Å². The van der Waals surface area contributed by atoms with Crippen LogP contribution in [0.3, 0.4) is 0 Å². The summed E-state index contributed by atoms with van der Waals surface area (Å²) in [6.07, 6.45) is 2.19. The van der Waals surface area contributed by atoms with E-state index in [0.29, 0.717) is 19.8 Å². The van der Waals surface area contributed by atoms with E-state index in [2.05, 4.69) is 11.9 Å². The molecule has 2 heterocycles. The molecule has 17 heavy (non-hydrogen) atoms. The van der Waals surface area contributed by atoms with Gasteiger partial charge in [0.1, 0.15) is 5.60 Å². The molecule has 2 atom stereocenters. The number of morpholine rings is 1. The van der Waals surface area contributed by atoms with Gasteiger partial charge in [-0.15, -0.1) is 0 Å². The Hall–Kier alpha value is -0.200. The normalized spacial score (nSPS) is 36.0. The SMILES string of the molecule is CN1CCOC(COC2(CN)CCCOC2)C1. The van der Waals surface area contributed by atoms with Crippen molar-refractivity contribution in [1.29, 1.82) is 0 Å². The molecule has 2 aliphatic rings. The largest absolute Gasteiger partial charge is 0.378 e. The van der Waals surface area contributed by atoms with Gasteiger partial charge in [0.2, 0.25) is 0 Å². The fraction of sp³-hybridized carbons (Fsp3) is 1.00. The maximum absolute atomic E-state index is 6.01. The molecule has 0 aromatic rings. The van der Waals surface area contributed by atoms with E-state index in [1.54, 1.807) is 0 Å². The van der Waals surface area contributed by atoms with Crippen LogP contribution in [0.5, 0.6) is 0 Å². The topological polar surface area (TPSA) is 57.0 Å². The summed E-state index contributed by atoms with van der Waals surface area (Å²) in [5, 5.41) is 0. The van der Waals surface area contributed by atoms with Crippen molar-refractivity contribution in [2.24, 2.45) is 5.73 Å². The molecule has 2 aliphatic heterocycles. The van der Waals surface area contributed by atoms with Crippen molar-refractivity contribution in [2.45, 2.75) is 24.5 Å². The first kappa shape index (κ1) is 13.2. The minimum absolute atomic E-state index is 0.166. The van der Waals surface area contributed by atoms with Crippen LogP contribution in [-0.2, 0) is 14.2 Å². The minimum atomic E-state index is -0.280. The lowest BCUT2D eigenvalue weighted by molar-refractivity contribution is -0.155. The Morgan fingerprint density at radius 2 is 2.35 bits per heavy atom. The van der Waals surface area contributed by atoms with Gasteiger partial charge in [-0.2, -0.15) is 0 Å². The Morgan fingerprint density at radius 3 is 3.00 bits per heavy atom. The molecule has 0 spiro atoms. The van der Waals surface area contributed by atoms with Crippen LogP contribution in [0.2, 0.25) is 0 Å². The van der Waals surface area contributed by atoms with Crippen molar-refractivity contribution in [2.75, 3.05) is 53.1 Å². The molecule has 2 saturated heterocycles. The monoisotopic (exact) mass is 244 g/mol. The smallest absolute Gasteiger partial charge is 0.104 e. The molecule has 2 N–H and O–H groups in total. The van der Waals surface area contributed by atoms with Gasteiger partial charge in [0.05, 0.1) is 25.9 Å². The zero-order chi connectivity index (χ0) is 12.1. The van der Waals surface area contributed by atoms with Gasteiger partial charge in [0.15, 0.2) is 0 Å². The van der Waals surface area contributed by atoms with Gasteiger partial charge in [0, 0.05) is 26.2 Å². The predicted molar refractivity (Wildman–Crippen MR) is 65.0 cm³/mol. The molecule has 0 aromatic heterocycles. The molecule has 0 amide bonds. The fourth-order valence-corrected chi connectivity index (χ4v) is 2.40. The molecule has 2 unspecified atom stereocenters. The van der Waals surface area contributed by atoms with E-state index >= 15 is 0 Å². The molecule has 2 fully saturated rings. The Morgan fingerprint density at radius 1 is 1.47 bits per heavy atom.